The lowest BCUT2D eigenvalue weighted by atomic mass is 9.86. The van der Waals surface area contributed by atoms with E-state index in [0.717, 1.165) is 6.54 Å². The summed E-state index contributed by atoms with van der Waals surface area (Å²) in [6.45, 7) is 10.6. The van der Waals surface area contributed by atoms with Crippen molar-refractivity contribution in [1.29, 1.82) is 0 Å². The standard InChI is InChI=1S/C14H30N2/c1-11(2)12(10-16(5)6)15-13-8-7-9-14(13,3)4/h11-13,15H,7-10H2,1-6H3. The fourth-order valence-electron chi connectivity index (χ4n) is 2.74. The molecular formula is C14H30N2. The van der Waals surface area contributed by atoms with Gasteiger partial charge in [-0.2, -0.15) is 0 Å². The second-order valence-electron chi connectivity index (χ2n) is 6.71. The normalized spacial score (nSPS) is 26.6. The van der Waals surface area contributed by atoms with Gasteiger partial charge in [-0.15, -0.1) is 0 Å². The van der Waals surface area contributed by atoms with Crippen LogP contribution in [0.3, 0.4) is 0 Å². The van der Waals surface area contributed by atoms with Gasteiger partial charge in [0.2, 0.25) is 0 Å². The lowest BCUT2D eigenvalue weighted by molar-refractivity contribution is 0.211. The molecule has 0 aromatic rings. The number of likely N-dealkylation sites (N-methyl/N-ethyl adjacent to an activating group) is 1. The monoisotopic (exact) mass is 226 g/mol. The third kappa shape index (κ3) is 3.74. The molecule has 0 heterocycles. The van der Waals surface area contributed by atoms with Gasteiger partial charge in [-0.3, -0.25) is 0 Å². The summed E-state index contributed by atoms with van der Waals surface area (Å²) in [5.74, 6) is 0.707. The third-order valence-electron chi connectivity index (χ3n) is 4.04. The molecule has 0 amide bonds. The van der Waals surface area contributed by atoms with E-state index in [-0.39, 0.29) is 0 Å². The maximum atomic E-state index is 3.90. The first-order chi connectivity index (χ1) is 7.33. The van der Waals surface area contributed by atoms with Gasteiger partial charge >= 0.3 is 0 Å². The molecule has 0 aromatic carbocycles. The number of hydrogen-bond acceptors (Lipinski definition) is 2. The number of nitrogens with one attached hydrogen (secondary N) is 1. The van der Waals surface area contributed by atoms with Crippen molar-refractivity contribution in [2.45, 2.75) is 59.0 Å². The Balaban J connectivity index is 2.54. The summed E-state index contributed by atoms with van der Waals surface area (Å²) in [5.41, 5.74) is 0.486. The maximum absolute atomic E-state index is 3.90. The van der Waals surface area contributed by atoms with Crippen molar-refractivity contribution in [1.82, 2.24) is 10.2 Å². The van der Waals surface area contributed by atoms with Gasteiger partial charge in [0.1, 0.15) is 0 Å². The molecule has 1 rings (SSSR count). The molecular weight excluding hydrogens is 196 g/mol. The van der Waals surface area contributed by atoms with Gasteiger partial charge in [0, 0.05) is 18.6 Å². The highest BCUT2D eigenvalue weighted by Gasteiger charge is 2.35. The zero-order valence-electron chi connectivity index (χ0n) is 12.0. The SMILES string of the molecule is CC(C)C(CN(C)C)NC1CCCC1(C)C. The molecule has 0 radical (unpaired) electrons. The van der Waals surface area contributed by atoms with E-state index in [9.17, 15) is 0 Å². The summed E-state index contributed by atoms with van der Waals surface area (Å²) in [7, 11) is 4.33. The Morgan fingerprint density at radius 3 is 2.31 bits per heavy atom. The van der Waals surface area contributed by atoms with E-state index >= 15 is 0 Å². The predicted octanol–water partition coefficient (Wildman–Crippen LogP) is 2.74. The first kappa shape index (κ1) is 14.0. The molecule has 0 bridgehead atoms. The highest BCUT2D eigenvalue weighted by Crippen LogP contribution is 2.37. The van der Waals surface area contributed by atoms with Crippen LogP contribution in [-0.2, 0) is 0 Å². The molecule has 0 spiro atoms. The molecule has 1 fully saturated rings. The zero-order valence-corrected chi connectivity index (χ0v) is 12.0. The van der Waals surface area contributed by atoms with Crippen molar-refractivity contribution in [3.63, 3.8) is 0 Å². The van der Waals surface area contributed by atoms with Crippen LogP contribution in [0, 0.1) is 11.3 Å². The van der Waals surface area contributed by atoms with Gasteiger partial charge in [0.25, 0.3) is 0 Å². The second kappa shape index (κ2) is 5.50. The average Bonchev–Trinajstić information content (AvgIpc) is 2.43. The Labute approximate surface area is 102 Å². The van der Waals surface area contributed by atoms with E-state index < -0.39 is 0 Å². The van der Waals surface area contributed by atoms with Crippen LogP contribution in [0.25, 0.3) is 0 Å². The number of hydrogen-bond donors (Lipinski definition) is 1. The lowest BCUT2D eigenvalue weighted by Gasteiger charge is -2.35. The molecule has 2 atom stereocenters. The molecule has 1 saturated carbocycles. The highest BCUT2D eigenvalue weighted by molar-refractivity contribution is 4.92. The quantitative estimate of drug-likeness (QED) is 0.775. The smallest absolute Gasteiger partial charge is 0.0220 e. The van der Waals surface area contributed by atoms with Crippen LogP contribution in [0.2, 0.25) is 0 Å². The Morgan fingerprint density at radius 1 is 1.31 bits per heavy atom. The van der Waals surface area contributed by atoms with Crippen molar-refractivity contribution in [3.8, 4) is 0 Å². The largest absolute Gasteiger partial charge is 0.309 e. The van der Waals surface area contributed by atoms with E-state index in [1.807, 2.05) is 0 Å². The van der Waals surface area contributed by atoms with Gasteiger partial charge in [-0.05, 0) is 38.3 Å². The van der Waals surface area contributed by atoms with Crippen molar-refractivity contribution in [2.75, 3.05) is 20.6 Å². The van der Waals surface area contributed by atoms with Crippen molar-refractivity contribution in [3.05, 3.63) is 0 Å². The first-order valence-corrected chi connectivity index (χ1v) is 6.73. The summed E-state index contributed by atoms with van der Waals surface area (Å²) in [6.07, 6.45) is 4.11. The molecule has 1 aliphatic rings. The molecule has 1 aliphatic carbocycles. The Bertz CT molecular complexity index is 209. The Kier molecular flexibility index (Phi) is 4.81. The van der Waals surface area contributed by atoms with Gasteiger partial charge < -0.3 is 10.2 Å². The topological polar surface area (TPSA) is 15.3 Å². The molecule has 2 unspecified atom stereocenters. The summed E-state index contributed by atoms with van der Waals surface area (Å²) >= 11 is 0. The van der Waals surface area contributed by atoms with E-state index in [2.05, 4.69) is 52.0 Å². The van der Waals surface area contributed by atoms with Crippen molar-refractivity contribution in [2.24, 2.45) is 11.3 Å². The Hall–Kier alpha value is -0.0800. The molecule has 0 aromatic heterocycles. The summed E-state index contributed by atoms with van der Waals surface area (Å²) in [5, 5.41) is 3.90. The molecule has 1 N–H and O–H groups in total. The van der Waals surface area contributed by atoms with Crippen LogP contribution in [0.1, 0.15) is 47.0 Å². The van der Waals surface area contributed by atoms with Crippen LogP contribution < -0.4 is 5.32 Å². The molecule has 2 heteroatoms. The fourth-order valence-corrected chi connectivity index (χ4v) is 2.74. The number of rotatable bonds is 5. The van der Waals surface area contributed by atoms with Gasteiger partial charge in [-0.25, -0.2) is 0 Å². The first-order valence-electron chi connectivity index (χ1n) is 6.73. The minimum absolute atomic E-state index is 0.486. The Morgan fingerprint density at radius 2 is 1.94 bits per heavy atom. The zero-order chi connectivity index (χ0) is 12.3. The van der Waals surface area contributed by atoms with Crippen molar-refractivity contribution >= 4 is 0 Å². The molecule has 0 aliphatic heterocycles. The molecule has 2 nitrogen and oxygen atoms in total. The molecule has 16 heavy (non-hydrogen) atoms. The minimum atomic E-state index is 0.486. The van der Waals surface area contributed by atoms with E-state index in [1.165, 1.54) is 19.3 Å². The predicted molar refractivity (Wildman–Crippen MR) is 71.7 cm³/mol. The fraction of sp³-hybridized carbons (Fsp3) is 1.00. The molecule has 96 valence electrons. The summed E-state index contributed by atoms with van der Waals surface area (Å²) in [6, 6.07) is 1.33. The average molecular weight is 226 g/mol. The highest BCUT2D eigenvalue weighted by atomic mass is 15.1. The van der Waals surface area contributed by atoms with E-state index in [0.29, 0.717) is 23.4 Å². The van der Waals surface area contributed by atoms with Crippen LogP contribution in [0.15, 0.2) is 0 Å². The van der Waals surface area contributed by atoms with Crippen LogP contribution >= 0.6 is 0 Å². The van der Waals surface area contributed by atoms with Crippen LogP contribution in [-0.4, -0.2) is 37.6 Å². The van der Waals surface area contributed by atoms with Crippen LogP contribution in [0.5, 0.6) is 0 Å². The second-order valence-corrected chi connectivity index (χ2v) is 6.71. The molecule has 0 saturated heterocycles. The van der Waals surface area contributed by atoms with Gasteiger partial charge in [-0.1, -0.05) is 34.1 Å². The van der Waals surface area contributed by atoms with Crippen molar-refractivity contribution < 1.29 is 0 Å². The van der Waals surface area contributed by atoms with E-state index in [1.54, 1.807) is 0 Å². The van der Waals surface area contributed by atoms with Gasteiger partial charge in [0.05, 0.1) is 0 Å². The minimum Gasteiger partial charge on any atom is -0.309 e. The van der Waals surface area contributed by atoms with E-state index in [4.69, 9.17) is 0 Å². The van der Waals surface area contributed by atoms with Gasteiger partial charge in [0.15, 0.2) is 0 Å². The number of nitrogens with zero attached hydrogens (tertiary/aromatic N) is 1. The summed E-state index contributed by atoms with van der Waals surface area (Å²) < 4.78 is 0. The van der Waals surface area contributed by atoms with Crippen LogP contribution in [0.4, 0.5) is 0 Å². The lowest BCUT2D eigenvalue weighted by Crippen LogP contribution is -2.50. The summed E-state index contributed by atoms with van der Waals surface area (Å²) in [4.78, 5) is 2.29. The third-order valence-corrected chi connectivity index (χ3v) is 4.04. The maximum Gasteiger partial charge on any atom is 0.0220 e.